The molecule has 1 saturated heterocycles. The zero-order chi connectivity index (χ0) is 11.6. The second kappa shape index (κ2) is 5.72. The van der Waals surface area contributed by atoms with Crippen molar-refractivity contribution < 1.29 is 18.0 Å². The maximum atomic E-state index is 12.3. The Kier molecular flexibility index (Phi) is 5.55. The van der Waals surface area contributed by atoms with Crippen molar-refractivity contribution in [3.8, 4) is 0 Å². The Morgan fingerprint density at radius 1 is 1.50 bits per heavy atom. The maximum Gasteiger partial charge on any atom is 0.400 e. The molecule has 0 aromatic carbocycles. The average Bonchev–Trinajstić information content (AvgIpc) is 2.14. The van der Waals surface area contributed by atoms with E-state index < -0.39 is 18.0 Å². The number of piperidine rings is 1. The van der Waals surface area contributed by atoms with Crippen molar-refractivity contribution in [2.45, 2.75) is 32.0 Å². The van der Waals surface area contributed by atoms with E-state index in [9.17, 15) is 18.0 Å². The van der Waals surface area contributed by atoms with Gasteiger partial charge in [-0.25, -0.2) is 0 Å². The molecule has 1 rings (SSSR count). The van der Waals surface area contributed by atoms with Crippen LogP contribution in [0.3, 0.4) is 0 Å². The molecular weight excluding hydrogens is 245 g/mol. The molecular formula is C9H16ClF3N2O. The van der Waals surface area contributed by atoms with Crippen LogP contribution in [0.15, 0.2) is 0 Å². The lowest BCUT2D eigenvalue weighted by Gasteiger charge is -2.33. The fourth-order valence-corrected chi connectivity index (χ4v) is 1.62. The number of alkyl halides is 3. The highest BCUT2D eigenvalue weighted by Gasteiger charge is 2.43. The zero-order valence-electron chi connectivity index (χ0n) is 8.96. The van der Waals surface area contributed by atoms with Crippen LogP contribution in [-0.4, -0.2) is 36.1 Å². The molecule has 1 aliphatic rings. The van der Waals surface area contributed by atoms with Crippen LogP contribution in [-0.2, 0) is 4.79 Å². The van der Waals surface area contributed by atoms with E-state index in [0.717, 1.165) is 13.3 Å². The van der Waals surface area contributed by atoms with Crippen molar-refractivity contribution in [2.75, 3.05) is 13.1 Å². The first-order chi connectivity index (χ1) is 6.82. The molecule has 0 aromatic rings. The normalized spacial score (nSPS) is 23.6. The molecule has 0 spiro atoms. The van der Waals surface area contributed by atoms with E-state index in [-0.39, 0.29) is 25.0 Å². The number of hydrogen-bond acceptors (Lipinski definition) is 2. The van der Waals surface area contributed by atoms with Crippen LogP contribution in [0.1, 0.15) is 19.8 Å². The van der Waals surface area contributed by atoms with Crippen LogP contribution in [0.25, 0.3) is 0 Å². The van der Waals surface area contributed by atoms with Gasteiger partial charge in [0.15, 0.2) is 0 Å². The molecule has 1 aliphatic heterocycles. The summed E-state index contributed by atoms with van der Waals surface area (Å²) >= 11 is 0. The molecule has 1 fully saturated rings. The van der Waals surface area contributed by atoms with Crippen molar-refractivity contribution in [1.82, 2.24) is 4.90 Å². The summed E-state index contributed by atoms with van der Waals surface area (Å²) in [5, 5.41) is 0. The first-order valence-corrected chi connectivity index (χ1v) is 4.93. The van der Waals surface area contributed by atoms with E-state index in [1.54, 1.807) is 0 Å². The summed E-state index contributed by atoms with van der Waals surface area (Å²) in [6.45, 7) is 1.51. The highest BCUT2D eigenvalue weighted by molar-refractivity contribution is 5.85. The third kappa shape index (κ3) is 3.83. The molecule has 0 aromatic heterocycles. The van der Waals surface area contributed by atoms with Gasteiger partial charge in [0.1, 0.15) is 5.92 Å². The number of hydrogen-bond donors (Lipinski definition) is 1. The number of rotatable bonds is 1. The van der Waals surface area contributed by atoms with Crippen LogP contribution in [0.5, 0.6) is 0 Å². The number of carbonyl (C=O) groups excluding carboxylic acids is 1. The second-order valence-electron chi connectivity index (χ2n) is 3.95. The fourth-order valence-electron chi connectivity index (χ4n) is 1.62. The highest BCUT2D eigenvalue weighted by atomic mass is 35.5. The summed E-state index contributed by atoms with van der Waals surface area (Å²) in [6, 6.07) is -0.192. The van der Waals surface area contributed by atoms with Gasteiger partial charge in [0.05, 0.1) is 0 Å². The van der Waals surface area contributed by atoms with E-state index in [4.69, 9.17) is 5.73 Å². The minimum absolute atomic E-state index is 0. The number of nitrogens with zero attached hydrogens (tertiary/aromatic N) is 1. The largest absolute Gasteiger partial charge is 0.400 e. The average molecular weight is 261 g/mol. The lowest BCUT2D eigenvalue weighted by molar-refractivity contribution is -0.186. The summed E-state index contributed by atoms with van der Waals surface area (Å²) in [6.07, 6.45) is -3.01. The second-order valence-corrected chi connectivity index (χ2v) is 3.95. The van der Waals surface area contributed by atoms with Gasteiger partial charge in [0, 0.05) is 19.1 Å². The summed E-state index contributed by atoms with van der Waals surface area (Å²) < 4.78 is 36.8. The maximum absolute atomic E-state index is 12.3. The van der Waals surface area contributed by atoms with Gasteiger partial charge in [0.2, 0.25) is 5.91 Å². The smallest absolute Gasteiger partial charge is 0.341 e. The quantitative estimate of drug-likeness (QED) is 0.778. The molecule has 2 atom stereocenters. The molecule has 0 aliphatic carbocycles. The minimum Gasteiger partial charge on any atom is -0.341 e. The Morgan fingerprint density at radius 3 is 2.50 bits per heavy atom. The lowest BCUT2D eigenvalue weighted by Crippen LogP contribution is -2.49. The number of nitrogens with two attached hydrogens (primary N) is 1. The standard InChI is InChI=1S/C9H15F3N2O.ClH/c1-6(9(10,11)12)8(15)14-4-2-3-7(13)5-14;/h6-7H,2-5,13H2,1H3;1H/t6?,7-;/m1./s1. The van der Waals surface area contributed by atoms with Crippen LogP contribution < -0.4 is 5.73 Å². The van der Waals surface area contributed by atoms with Crippen molar-refractivity contribution in [3.05, 3.63) is 0 Å². The van der Waals surface area contributed by atoms with E-state index in [2.05, 4.69) is 0 Å². The molecule has 7 heteroatoms. The number of amides is 1. The topological polar surface area (TPSA) is 46.3 Å². The lowest BCUT2D eigenvalue weighted by atomic mass is 10.0. The van der Waals surface area contributed by atoms with Crippen molar-refractivity contribution in [2.24, 2.45) is 11.7 Å². The van der Waals surface area contributed by atoms with Crippen LogP contribution in [0, 0.1) is 5.92 Å². The molecule has 16 heavy (non-hydrogen) atoms. The Balaban J connectivity index is 0.00000225. The van der Waals surface area contributed by atoms with Crippen molar-refractivity contribution in [3.63, 3.8) is 0 Å². The van der Waals surface area contributed by atoms with Crippen LogP contribution in [0.4, 0.5) is 13.2 Å². The van der Waals surface area contributed by atoms with Gasteiger partial charge in [-0.05, 0) is 19.8 Å². The Bertz CT molecular complexity index is 247. The number of carbonyl (C=O) groups is 1. The van der Waals surface area contributed by atoms with Crippen LogP contribution in [0.2, 0.25) is 0 Å². The van der Waals surface area contributed by atoms with E-state index in [1.165, 1.54) is 4.90 Å². The first-order valence-electron chi connectivity index (χ1n) is 4.93. The van der Waals surface area contributed by atoms with Crippen molar-refractivity contribution >= 4 is 18.3 Å². The zero-order valence-corrected chi connectivity index (χ0v) is 9.77. The van der Waals surface area contributed by atoms with Crippen LogP contribution >= 0.6 is 12.4 Å². The molecule has 1 heterocycles. The Labute approximate surface area is 98.6 Å². The highest BCUT2D eigenvalue weighted by Crippen LogP contribution is 2.28. The molecule has 1 unspecified atom stereocenters. The Morgan fingerprint density at radius 2 is 2.06 bits per heavy atom. The molecule has 96 valence electrons. The molecule has 0 saturated carbocycles. The van der Waals surface area contributed by atoms with Gasteiger partial charge in [-0.1, -0.05) is 0 Å². The summed E-state index contributed by atoms with van der Waals surface area (Å²) in [7, 11) is 0. The van der Waals surface area contributed by atoms with Gasteiger partial charge in [-0.3, -0.25) is 4.79 Å². The Hall–Kier alpha value is -0.490. The summed E-state index contributed by atoms with van der Waals surface area (Å²) in [5.74, 6) is -2.79. The molecule has 2 N–H and O–H groups in total. The predicted molar refractivity (Wildman–Crippen MR) is 56.3 cm³/mol. The number of halogens is 4. The molecule has 1 amide bonds. The molecule has 0 bridgehead atoms. The van der Waals surface area contributed by atoms with E-state index >= 15 is 0 Å². The molecule has 3 nitrogen and oxygen atoms in total. The van der Waals surface area contributed by atoms with Gasteiger partial charge in [-0.2, -0.15) is 13.2 Å². The van der Waals surface area contributed by atoms with Gasteiger partial charge < -0.3 is 10.6 Å². The van der Waals surface area contributed by atoms with Gasteiger partial charge in [0.25, 0.3) is 0 Å². The number of likely N-dealkylation sites (tertiary alicyclic amines) is 1. The molecule has 0 radical (unpaired) electrons. The SMILES string of the molecule is CC(C(=O)N1CCC[C@@H](N)C1)C(F)(F)F.Cl. The summed E-state index contributed by atoms with van der Waals surface area (Å²) in [4.78, 5) is 12.7. The van der Waals surface area contributed by atoms with Gasteiger partial charge in [-0.15, -0.1) is 12.4 Å². The third-order valence-corrected chi connectivity index (χ3v) is 2.63. The first kappa shape index (κ1) is 15.5. The van der Waals surface area contributed by atoms with Crippen molar-refractivity contribution in [1.29, 1.82) is 0 Å². The summed E-state index contributed by atoms with van der Waals surface area (Å²) in [5.41, 5.74) is 5.60. The fraction of sp³-hybridized carbons (Fsp3) is 0.889. The van der Waals surface area contributed by atoms with Gasteiger partial charge >= 0.3 is 6.18 Å². The van der Waals surface area contributed by atoms with E-state index in [1.807, 2.05) is 0 Å². The predicted octanol–water partition coefficient (Wildman–Crippen LogP) is 1.56. The minimum atomic E-state index is -4.46. The van der Waals surface area contributed by atoms with E-state index in [0.29, 0.717) is 13.0 Å². The third-order valence-electron chi connectivity index (χ3n) is 2.63. The monoisotopic (exact) mass is 260 g/mol.